The van der Waals surface area contributed by atoms with Crippen LogP contribution in [-0.4, -0.2) is 34.0 Å². The lowest BCUT2D eigenvalue weighted by Gasteiger charge is -2.30. The van der Waals surface area contributed by atoms with Crippen LogP contribution in [0.25, 0.3) is 10.9 Å². The molecule has 1 aliphatic rings. The molecule has 1 aliphatic heterocycles. The molecular weight excluding hydrogens is 338 g/mol. The molecule has 1 saturated heterocycles. The number of nitrogens with zero attached hydrogens (tertiary/aromatic N) is 2. The minimum Gasteiger partial charge on any atom is -0.497 e. The number of carbonyl (C=O) groups is 1. The van der Waals surface area contributed by atoms with Crippen LogP contribution in [0.15, 0.2) is 42.7 Å². The fourth-order valence-electron chi connectivity index (χ4n) is 4.23. The summed E-state index contributed by atoms with van der Waals surface area (Å²) >= 11 is 0. The zero-order valence-corrected chi connectivity index (χ0v) is 16.1. The summed E-state index contributed by atoms with van der Waals surface area (Å²) in [6.07, 6.45) is 8.90. The molecule has 0 aliphatic carbocycles. The largest absolute Gasteiger partial charge is 0.497 e. The first-order valence-electron chi connectivity index (χ1n) is 9.72. The first kappa shape index (κ1) is 17.7. The van der Waals surface area contributed by atoms with Gasteiger partial charge in [-0.25, -0.2) is 0 Å². The molecule has 0 bridgehead atoms. The van der Waals surface area contributed by atoms with Crippen molar-refractivity contribution in [3.05, 3.63) is 54.0 Å². The SMILES string of the molecule is COc1ccc2[nH]cc(CC(=O)N3CCCCC[C@@H]3c3cccn3C)c2c1. The lowest BCUT2D eigenvalue weighted by atomic mass is 10.0. The maximum absolute atomic E-state index is 13.3. The summed E-state index contributed by atoms with van der Waals surface area (Å²) in [5.74, 6) is 1.01. The van der Waals surface area contributed by atoms with Crippen LogP contribution in [0, 0.1) is 0 Å². The molecule has 5 nitrogen and oxygen atoms in total. The molecule has 0 saturated carbocycles. The molecule has 4 rings (SSSR count). The van der Waals surface area contributed by atoms with Gasteiger partial charge in [-0.05, 0) is 48.7 Å². The number of H-pyrrole nitrogens is 1. The Morgan fingerprint density at radius 2 is 2.15 bits per heavy atom. The third-order valence-electron chi connectivity index (χ3n) is 5.71. The molecule has 1 fully saturated rings. The summed E-state index contributed by atoms with van der Waals surface area (Å²) < 4.78 is 7.50. The molecule has 3 heterocycles. The van der Waals surface area contributed by atoms with Crippen molar-refractivity contribution in [2.24, 2.45) is 7.05 Å². The number of ether oxygens (including phenoxy) is 1. The third-order valence-corrected chi connectivity index (χ3v) is 5.71. The van der Waals surface area contributed by atoms with E-state index in [4.69, 9.17) is 4.74 Å². The fourth-order valence-corrected chi connectivity index (χ4v) is 4.23. The third kappa shape index (κ3) is 3.46. The maximum Gasteiger partial charge on any atom is 0.227 e. The van der Waals surface area contributed by atoms with Crippen molar-refractivity contribution in [1.29, 1.82) is 0 Å². The summed E-state index contributed by atoms with van der Waals surface area (Å²) in [4.78, 5) is 18.7. The minimum absolute atomic E-state index is 0.166. The van der Waals surface area contributed by atoms with Crippen LogP contribution in [0.1, 0.15) is 43.0 Å². The highest BCUT2D eigenvalue weighted by Crippen LogP contribution is 2.31. The Bertz CT molecular complexity index is 940. The highest BCUT2D eigenvalue weighted by Gasteiger charge is 2.28. The van der Waals surface area contributed by atoms with E-state index in [0.717, 1.165) is 41.6 Å². The van der Waals surface area contributed by atoms with Gasteiger partial charge in [-0.2, -0.15) is 0 Å². The van der Waals surface area contributed by atoms with Gasteiger partial charge in [-0.3, -0.25) is 4.79 Å². The molecule has 142 valence electrons. The maximum atomic E-state index is 13.3. The van der Waals surface area contributed by atoms with E-state index < -0.39 is 0 Å². The van der Waals surface area contributed by atoms with E-state index in [1.807, 2.05) is 24.4 Å². The Kier molecular flexibility index (Phi) is 4.92. The Balaban J connectivity index is 1.61. The van der Waals surface area contributed by atoms with Crippen molar-refractivity contribution < 1.29 is 9.53 Å². The van der Waals surface area contributed by atoms with Crippen molar-refractivity contribution in [3.8, 4) is 5.75 Å². The van der Waals surface area contributed by atoms with Crippen LogP contribution in [0.5, 0.6) is 5.75 Å². The fraction of sp³-hybridized carbons (Fsp3) is 0.409. The first-order valence-corrected chi connectivity index (χ1v) is 9.72. The number of aryl methyl sites for hydroxylation is 1. The number of aromatic amines is 1. The number of benzene rings is 1. The van der Waals surface area contributed by atoms with Crippen molar-refractivity contribution in [2.45, 2.75) is 38.1 Å². The van der Waals surface area contributed by atoms with Crippen LogP contribution >= 0.6 is 0 Å². The average Bonchev–Trinajstić information content (AvgIpc) is 3.19. The number of hydrogen-bond donors (Lipinski definition) is 1. The Labute approximate surface area is 159 Å². The monoisotopic (exact) mass is 365 g/mol. The van der Waals surface area contributed by atoms with E-state index >= 15 is 0 Å². The van der Waals surface area contributed by atoms with Gasteiger partial charge in [0.1, 0.15) is 5.75 Å². The molecule has 1 atom stereocenters. The second-order valence-corrected chi connectivity index (χ2v) is 7.40. The van der Waals surface area contributed by atoms with E-state index in [2.05, 4.69) is 39.8 Å². The van der Waals surface area contributed by atoms with Gasteiger partial charge in [0.25, 0.3) is 0 Å². The molecule has 1 amide bonds. The van der Waals surface area contributed by atoms with Gasteiger partial charge in [-0.15, -0.1) is 0 Å². The highest BCUT2D eigenvalue weighted by molar-refractivity contribution is 5.90. The van der Waals surface area contributed by atoms with Gasteiger partial charge in [0.2, 0.25) is 5.91 Å². The van der Waals surface area contributed by atoms with Crippen LogP contribution in [0.2, 0.25) is 0 Å². The van der Waals surface area contributed by atoms with Crippen molar-refractivity contribution >= 4 is 16.8 Å². The second-order valence-electron chi connectivity index (χ2n) is 7.40. The molecule has 1 N–H and O–H groups in total. The summed E-state index contributed by atoms with van der Waals surface area (Å²) in [6.45, 7) is 0.834. The number of methoxy groups -OCH3 is 1. The molecule has 1 aromatic carbocycles. The van der Waals surface area contributed by atoms with Gasteiger partial charge in [0.05, 0.1) is 19.6 Å². The number of amides is 1. The Morgan fingerprint density at radius 1 is 1.26 bits per heavy atom. The first-order chi connectivity index (χ1) is 13.2. The number of aromatic nitrogens is 2. The molecule has 0 unspecified atom stereocenters. The van der Waals surface area contributed by atoms with Crippen LogP contribution in [-0.2, 0) is 18.3 Å². The molecule has 3 aromatic rings. The average molecular weight is 365 g/mol. The second kappa shape index (κ2) is 7.51. The topological polar surface area (TPSA) is 50.3 Å². The van der Waals surface area contributed by atoms with Crippen LogP contribution in [0.4, 0.5) is 0 Å². The normalized spacial score (nSPS) is 17.9. The van der Waals surface area contributed by atoms with Gasteiger partial charge in [-0.1, -0.05) is 12.8 Å². The van der Waals surface area contributed by atoms with E-state index in [9.17, 15) is 4.79 Å². The zero-order valence-electron chi connectivity index (χ0n) is 16.1. The van der Waals surface area contributed by atoms with Crippen LogP contribution in [0.3, 0.4) is 0 Å². The number of rotatable bonds is 4. The summed E-state index contributed by atoms with van der Waals surface area (Å²) in [7, 11) is 3.73. The molecule has 2 aromatic heterocycles. The van der Waals surface area contributed by atoms with Crippen molar-refractivity contribution in [2.75, 3.05) is 13.7 Å². The van der Waals surface area contributed by atoms with E-state index in [0.29, 0.717) is 6.42 Å². The number of fused-ring (bicyclic) bond motifs is 1. The predicted molar refractivity (Wildman–Crippen MR) is 107 cm³/mol. The van der Waals surface area contributed by atoms with E-state index in [1.165, 1.54) is 18.5 Å². The highest BCUT2D eigenvalue weighted by atomic mass is 16.5. The number of likely N-dealkylation sites (tertiary alicyclic amines) is 1. The minimum atomic E-state index is 0.166. The van der Waals surface area contributed by atoms with Crippen molar-refractivity contribution in [3.63, 3.8) is 0 Å². The Morgan fingerprint density at radius 3 is 2.93 bits per heavy atom. The molecule has 5 heteroatoms. The van der Waals surface area contributed by atoms with Crippen LogP contribution < -0.4 is 4.74 Å². The molecule has 0 spiro atoms. The van der Waals surface area contributed by atoms with Gasteiger partial charge in [0, 0.05) is 42.6 Å². The van der Waals surface area contributed by atoms with E-state index in [-0.39, 0.29) is 11.9 Å². The van der Waals surface area contributed by atoms with Gasteiger partial charge < -0.3 is 19.2 Å². The predicted octanol–water partition coefficient (Wildman–Crippen LogP) is 4.20. The van der Waals surface area contributed by atoms with E-state index in [1.54, 1.807) is 7.11 Å². The molecular formula is C22H27N3O2. The number of hydrogen-bond acceptors (Lipinski definition) is 2. The molecule has 0 radical (unpaired) electrons. The zero-order chi connectivity index (χ0) is 18.8. The lowest BCUT2D eigenvalue weighted by molar-refractivity contribution is -0.133. The number of carbonyl (C=O) groups excluding carboxylic acids is 1. The summed E-state index contributed by atoms with van der Waals surface area (Å²) in [6, 6.07) is 10.3. The summed E-state index contributed by atoms with van der Waals surface area (Å²) in [5.41, 5.74) is 3.29. The summed E-state index contributed by atoms with van der Waals surface area (Å²) in [5, 5.41) is 1.06. The Hall–Kier alpha value is -2.69. The lowest BCUT2D eigenvalue weighted by Crippen LogP contribution is -2.36. The van der Waals surface area contributed by atoms with Gasteiger partial charge in [0.15, 0.2) is 0 Å². The molecule has 27 heavy (non-hydrogen) atoms. The standard InChI is InChI=1S/C22H27N3O2/c1-24-11-6-8-20(24)21-7-4-3-5-12-25(21)22(26)13-16-15-23-19-10-9-17(27-2)14-18(16)19/h6,8-11,14-15,21,23H,3-5,7,12-13H2,1-2H3/t21-/m1/s1. The smallest absolute Gasteiger partial charge is 0.227 e. The quantitative estimate of drug-likeness (QED) is 0.753. The van der Waals surface area contributed by atoms with Gasteiger partial charge >= 0.3 is 0 Å². The van der Waals surface area contributed by atoms with Crippen molar-refractivity contribution in [1.82, 2.24) is 14.5 Å². The number of nitrogens with one attached hydrogen (secondary N) is 1.